The van der Waals surface area contributed by atoms with Crippen molar-refractivity contribution in [2.45, 2.75) is 12.5 Å². The first-order valence-corrected chi connectivity index (χ1v) is 8.36. The SMILES string of the molecule is COC(=O)c1cccc(CN2C[C@@H](CN)[C@H](c3ccccc3)C2)c1. The van der Waals surface area contributed by atoms with Crippen LogP contribution in [-0.2, 0) is 11.3 Å². The fourth-order valence-electron chi connectivity index (χ4n) is 3.58. The highest BCUT2D eigenvalue weighted by Gasteiger charge is 2.32. The monoisotopic (exact) mass is 324 g/mol. The van der Waals surface area contributed by atoms with Gasteiger partial charge in [-0.2, -0.15) is 0 Å². The fourth-order valence-corrected chi connectivity index (χ4v) is 3.58. The van der Waals surface area contributed by atoms with Crippen LogP contribution in [0.2, 0.25) is 0 Å². The summed E-state index contributed by atoms with van der Waals surface area (Å²) < 4.78 is 4.80. The molecule has 126 valence electrons. The lowest BCUT2D eigenvalue weighted by molar-refractivity contribution is 0.0600. The van der Waals surface area contributed by atoms with E-state index in [1.54, 1.807) is 6.07 Å². The number of carbonyl (C=O) groups is 1. The number of rotatable bonds is 5. The van der Waals surface area contributed by atoms with Gasteiger partial charge >= 0.3 is 5.97 Å². The molecule has 1 aliphatic rings. The van der Waals surface area contributed by atoms with E-state index in [1.807, 2.05) is 18.2 Å². The van der Waals surface area contributed by atoms with Crippen LogP contribution in [0.15, 0.2) is 54.6 Å². The molecule has 2 N–H and O–H groups in total. The summed E-state index contributed by atoms with van der Waals surface area (Å²) in [6.07, 6.45) is 0. The molecule has 1 fully saturated rings. The van der Waals surface area contributed by atoms with Crippen molar-refractivity contribution in [1.29, 1.82) is 0 Å². The van der Waals surface area contributed by atoms with Crippen LogP contribution in [0.5, 0.6) is 0 Å². The van der Waals surface area contributed by atoms with Gasteiger partial charge in [0.05, 0.1) is 12.7 Å². The highest BCUT2D eigenvalue weighted by Crippen LogP contribution is 2.32. The first kappa shape index (κ1) is 16.7. The molecule has 2 atom stereocenters. The van der Waals surface area contributed by atoms with Crippen LogP contribution in [0, 0.1) is 5.92 Å². The zero-order chi connectivity index (χ0) is 16.9. The van der Waals surface area contributed by atoms with Gasteiger partial charge < -0.3 is 10.5 Å². The number of nitrogens with zero attached hydrogens (tertiary/aromatic N) is 1. The van der Waals surface area contributed by atoms with E-state index in [4.69, 9.17) is 10.5 Å². The first-order chi connectivity index (χ1) is 11.7. The second kappa shape index (κ2) is 7.60. The first-order valence-electron chi connectivity index (χ1n) is 8.36. The Kier molecular flexibility index (Phi) is 5.28. The normalized spacial score (nSPS) is 20.9. The maximum atomic E-state index is 11.7. The number of ether oxygens (including phenoxy) is 1. The molecule has 2 aromatic rings. The Morgan fingerprint density at radius 1 is 1.17 bits per heavy atom. The van der Waals surface area contributed by atoms with Crippen LogP contribution in [-0.4, -0.2) is 37.6 Å². The van der Waals surface area contributed by atoms with Gasteiger partial charge in [0.25, 0.3) is 0 Å². The molecule has 0 spiro atoms. The molecule has 1 saturated heterocycles. The summed E-state index contributed by atoms with van der Waals surface area (Å²) >= 11 is 0. The average Bonchev–Trinajstić information content (AvgIpc) is 3.05. The molecule has 3 rings (SSSR count). The summed E-state index contributed by atoms with van der Waals surface area (Å²) in [5, 5.41) is 0. The Morgan fingerprint density at radius 3 is 2.67 bits per heavy atom. The van der Waals surface area contributed by atoms with Crippen LogP contribution in [0.1, 0.15) is 27.4 Å². The van der Waals surface area contributed by atoms with Gasteiger partial charge in [-0.1, -0.05) is 42.5 Å². The third-order valence-electron chi connectivity index (χ3n) is 4.80. The lowest BCUT2D eigenvalue weighted by atomic mass is 9.89. The van der Waals surface area contributed by atoms with Crippen LogP contribution >= 0.6 is 0 Å². The average molecular weight is 324 g/mol. The van der Waals surface area contributed by atoms with Gasteiger partial charge in [-0.3, -0.25) is 4.90 Å². The molecule has 1 heterocycles. The molecule has 0 aromatic heterocycles. The van der Waals surface area contributed by atoms with Crippen LogP contribution in [0.25, 0.3) is 0 Å². The van der Waals surface area contributed by atoms with E-state index in [1.165, 1.54) is 12.7 Å². The molecule has 0 amide bonds. The molecule has 24 heavy (non-hydrogen) atoms. The Labute approximate surface area is 143 Å². The number of likely N-dealkylation sites (tertiary alicyclic amines) is 1. The standard InChI is InChI=1S/C20H24N2O2/c1-24-20(23)17-9-5-6-15(10-17)12-22-13-18(11-21)19(14-22)16-7-3-2-4-8-16/h2-10,18-19H,11-14,21H2,1H3/t18-,19+/m1/s1. The summed E-state index contributed by atoms with van der Waals surface area (Å²) in [5.41, 5.74) is 9.10. The van der Waals surface area contributed by atoms with Crippen LogP contribution in [0.4, 0.5) is 0 Å². The minimum Gasteiger partial charge on any atom is -0.465 e. The lowest BCUT2D eigenvalue weighted by Crippen LogP contribution is -2.23. The Morgan fingerprint density at radius 2 is 1.96 bits per heavy atom. The molecule has 0 aliphatic carbocycles. The van der Waals surface area contributed by atoms with E-state index >= 15 is 0 Å². The van der Waals surface area contributed by atoms with Crippen LogP contribution < -0.4 is 5.73 Å². The molecule has 1 aliphatic heterocycles. The molecule has 2 aromatic carbocycles. The number of hydrogen-bond donors (Lipinski definition) is 1. The van der Waals surface area contributed by atoms with Gasteiger partial charge in [0.2, 0.25) is 0 Å². The van der Waals surface area contributed by atoms with Gasteiger partial charge in [0.15, 0.2) is 0 Å². The van der Waals surface area contributed by atoms with E-state index < -0.39 is 0 Å². The number of hydrogen-bond acceptors (Lipinski definition) is 4. The van der Waals surface area contributed by atoms with Gasteiger partial charge in [-0.15, -0.1) is 0 Å². The van der Waals surface area contributed by atoms with Gasteiger partial charge in [-0.05, 0) is 35.7 Å². The molecule has 0 unspecified atom stereocenters. The fraction of sp³-hybridized carbons (Fsp3) is 0.350. The third kappa shape index (κ3) is 3.66. The predicted molar refractivity (Wildman–Crippen MR) is 94.8 cm³/mol. The Balaban J connectivity index is 1.72. The summed E-state index contributed by atoms with van der Waals surface area (Å²) in [4.78, 5) is 14.1. The summed E-state index contributed by atoms with van der Waals surface area (Å²) in [6.45, 7) is 3.50. The second-order valence-corrected chi connectivity index (χ2v) is 6.40. The Hall–Kier alpha value is -2.17. The predicted octanol–water partition coefficient (Wildman–Crippen LogP) is 2.65. The maximum absolute atomic E-state index is 11.7. The van der Waals surface area contributed by atoms with Crippen molar-refractivity contribution in [3.8, 4) is 0 Å². The molecule has 0 radical (unpaired) electrons. The van der Waals surface area contributed by atoms with Crippen LogP contribution in [0.3, 0.4) is 0 Å². The van der Waals surface area contributed by atoms with Crippen molar-refractivity contribution < 1.29 is 9.53 Å². The molecular formula is C20H24N2O2. The quantitative estimate of drug-likeness (QED) is 0.859. The topological polar surface area (TPSA) is 55.6 Å². The minimum atomic E-state index is -0.291. The van der Waals surface area contributed by atoms with Gasteiger partial charge in [0, 0.05) is 25.6 Å². The lowest BCUT2D eigenvalue weighted by Gasteiger charge is -2.17. The molecule has 4 heteroatoms. The number of benzene rings is 2. The van der Waals surface area contributed by atoms with E-state index in [-0.39, 0.29) is 5.97 Å². The summed E-state index contributed by atoms with van der Waals surface area (Å²) in [7, 11) is 1.41. The smallest absolute Gasteiger partial charge is 0.337 e. The molecule has 0 bridgehead atoms. The highest BCUT2D eigenvalue weighted by atomic mass is 16.5. The molecular weight excluding hydrogens is 300 g/mol. The number of carbonyl (C=O) groups excluding carboxylic acids is 1. The van der Waals surface area contributed by atoms with Gasteiger partial charge in [-0.25, -0.2) is 4.79 Å². The van der Waals surface area contributed by atoms with E-state index in [0.717, 1.165) is 25.2 Å². The zero-order valence-electron chi connectivity index (χ0n) is 14.0. The van der Waals surface area contributed by atoms with Crippen molar-refractivity contribution in [1.82, 2.24) is 4.90 Å². The summed E-state index contributed by atoms with van der Waals surface area (Å²) in [6, 6.07) is 18.3. The third-order valence-corrected chi connectivity index (χ3v) is 4.80. The maximum Gasteiger partial charge on any atom is 0.337 e. The largest absolute Gasteiger partial charge is 0.465 e. The van der Waals surface area contributed by atoms with Crippen molar-refractivity contribution in [3.05, 3.63) is 71.3 Å². The minimum absolute atomic E-state index is 0.291. The molecule has 0 saturated carbocycles. The number of methoxy groups -OCH3 is 1. The van der Waals surface area contributed by atoms with Crippen molar-refractivity contribution in [2.24, 2.45) is 11.7 Å². The van der Waals surface area contributed by atoms with E-state index in [0.29, 0.717) is 23.9 Å². The van der Waals surface area contributed by atoms with Crippen molar-refractivity contribution >= 4 is 5.97 Å². The van der Waals surface area contributed by atoms with E-state index in [9.17, 15) is 4.79 Å². The second-order valence-electron chi connectivity index (χ2n) is 6.40. The number of esters is 1. The van der Waals surface area contributed by atoms with Crippen molar-refractivity contribution in [3.63, 3.8) is 0 Å². The Bertz CT molecular complexity index is 687. The number of nitrogens with two attached hydrogens (primary N) is 1. The van der Waals surface area contributed by atoms with E-state index in [2.05, 4.69) is 35.2 Å². The molecule has 4 nitrogen and oxygen atoms in total. The zero-order valence-corrected chi connectivity index (χ0v) is 14.0. The van der Waals surface area contributed by atoms with Gasteiger partial charge in [0.1, 0.15) is 0 Å². The highest BCUT2D eigenvalue weighted by molar-refractivity contribution is 5.89. The van der Waals surface area contributed by atoms with Crippen molar-refractivity contribution in [2.75, 3.05) is 26.7 Å². The summed E-state index contributed by atoms with van der Waals surface area (Å²) in [5.74, 6) is 0.649.